The van der Waals surface area contributed by atoms with Gasteiger partial charge in [0.25, 0.3) is 5.91 Å². The summed E-state index contributed by atoms with van der Waals surface area (Å²) in [6.07, 6.45) is 0.912. The lowest BCUT2D eigenvalue weighted by Crippen LogP contribution is -2.34. The summed E-state index contributed by atoms with van der Waals surface area (Å²) < 4.78 is 5.72. The molecule has 0 saturated carbocycles. The highest BCUT2D eigenvalue weighted by Gasteiger charge is 2.13. The van der Waals surface area contributed by atoms with Crippen molar-refractivity contribution >= 4 is 34.9 Å². The molecule has 0 heterocycles. The van der Waals surface area contributed by atoms with Crippen molar-refractivity contribution in [1.29, 1.82) is 0 Å². The number of benzene rings is 2. The van der Waals surface area contributed by atoms with Crippen LogP contribution in [0.3, 0.4) is 0 Å². The van der Waals surface area contributed by atoms with Gasteiger partial charge >= 0.3 is 5.97 Å². The SMILES string of the molecule is CCC(C)Oc1cccc(C(=O)NC(=S)Nc2cccc(C(=O)O)c2C)c1. The minimum atomic E-state index is -1.02. The monoisotopic (exact) mass is 386 g/mol. The Balaban J connectivity index is 2.06. The standard InChI is InChI=1S/C20H22N2O4S/c1-4-12(2)26-15-8-5-7-14(11-15)18(23)22-20(27)21-17-10-6-9-16(13(17)3)19(24)25/h5-12H,4H2,1-3H3,(H,24,25)(H2,21,22,23,27). The van der Waals surface area contributed by atoms with E-state index in [1.165, 1.54) is 6.07 Å². The Morgan fingerprint density at radius 1 is 1.22 bits per heavy atom. The maximum Gasteiger partial charge on any atom is 0.336 e. The Morgan fingerprint density at radius 3 is 2.59 bits per heavy atom. The van der Waals surface area contributed by atoms with E-state index in [-0.39, 0.29) is 22.7 Å². The second-order valence-electron chi connectivity index (χ2n) is 6.06. The Morgan fingerprint density at radius 2 is 1.93 bits per heavy atom. The first-order chi connectivity index (χ1) is 12.8. The number of anilines is 1. The maximum atomic E-state index is 12.4. The minimum absolute atomic E-state index is 0.0514. The molecule has 0 spiro atoms. The summed E-state index contributed by atoms with van der Waals surface area (Å²) in [5.41, 5.74) is 1.64. The summed E-state index contributed by atoms with van der Waals surface area (Å²) in [6, 6.07) is 11.7. The van der Waals surface area contributed by atoms with Crippen molar-refractivity contribution in [1.82, 2.24) is 5.32 Å². The number of nitrogens with one attached hydrogen (secondary N) is 2. The molecule has 0 aliphatic heterocycles. The van der Waals surface area contributed by atoms with Gasteiger partial charge in [-0.1, -0.05) is 19.1 Å². The van der Waals surface area contributed by atoms with E-state index in [1.54, 1.807) is 43.3 Å². The number of amides is 1. The van der Waals surface area contributed by atoms with Crippen LogP contribution in [0.2, 0.25) is 0 Å². The van der Waals surface area contributed by atoms with Gasteiger partial charge in [-0.15, -0.1) is 0 Å². The molecule has 2 aromatic carbocycles. The summed E-state index contributed by atoms with van der Waals surface area (Å²) in [5.74, 6) is -0.792. The van der Waals surface area contributed by atoms with Crippen molar-refractivity contribution in [3.63, 3.8) is 0 Å². The van der Waals surface area contributed by atoms with E-state index in [4.69, 9.17) is 17.0 Å². The number of aromatic carboxylic acids is 1. The third kappa shape index (κ3) is 5.52. The number of carbonyl (C=O) groups is 2. The number of rotatable bonds is 6. The zero-order chi connectivity index (χ0) is 20.0. The van der Waals surface area contributed by atoms with E-state index in [0.29, 0.717) is 22.6 Å². The Labute approximate surface area is 163 Å². The first-order valence-electron chi connectivity index (χ1n) is 8.53. The van der Waals surface area contributed by atoms with Crippen LogP contribution >= 0.6 is 12.2 Å². The van der Waals surface area contributed by atoms with Gasteiger partial charge < -0.3 is 15.2 Å². The van der Waals surface area contributed by atoms with Gasteiger partial charge in [0.2, 0.25) is 0 Å². The molecule has 2 rings (SSSR count). The van der Waals surface area contributed by atoms with Crippen LogP contribution in [0.1, 0.15) is 46.5 Å². The molecule has 142 valence electrons. The molecule has 0 aliphatic carbocycles. The number of carboxylic acid groups (broad SMARTS) is 1. The van der Waals surface area contributed by atoms with Gasteiger partial charge in [0.15, 0.2) is 5.11 Å². The number of hydrogen-bond donors (Lipinski definition) is 3. The second kappa shape index (κ2) is 9.14. The van der Waals surface area contributed by atoms with Crippen LogP contribution in [0.15, 0.2) is 42.5 Å². The van der Waals surface area contributed by atoms with E-state index in [0.717, 1.165) is 6.42 Å². The number of carboxylic acids is 1. The van der Waals surface area contributed by atoms with Gasteiger partial charge in [-0.25, -0.2) is 4.79 Å². The van der Waals surface area contributed by atoms with E-state index < -0.39 is 5.97 Å². The van der Waals surface area contributed by atoms with Crippen molar-refractivity contribution < 1.29 is 19.4 Å². The molecule has 6 nitrogen and oxygen atoms in total. The van der Waals surface area contributed by atoms with Gasteiger partial charge in [0.1, 0.15) is 5.75 Å². The Kier molecular flexibility index (Phi) is 6.90. The highest BCUT2D eigenvalue weighted by Crippen LogP contribution is 2.19. The van der Waals surface area contributed by atoms with E-state index in [1.807, 2.05) is 13.8 Å². The molecule has 1 atom stereocenters. The first kappa shape index (κ1) is 20.4. The summed E-state index contributed by atoms with van der Waals surface area (Å²) in [5, 5.41) is 14.7. The van der Waals surface area contributed by atoms with E-state index in [2.05, 4.69) is 10.6 Å². The zero-order valence-electron chi connectivity index (χ0n) is 15.4. The molecule has 0 fully saturated rings. The van der Waals surface area contributed by atoms with Gasteiger partial charge in [-0.05, 0) is 68.4 Å². The lowest BCUT2D eigenvalue weighted by molar-refractivity contribution is 0.0696. The topological polar surface area (TPSA) is 87.7 Å². The van der Waals surface area contributed by atoms with Crippen LogP contribution in [0.4, 0.5) is 5.69 Å². The fourth-order valence-electron chi connectivity index (χ4n) is 2.36. The highest BCUT2D eigenvalue weighted by atomic mass is 32.1. The molecular formula is C20H22N2O4S. The van der Waals surface area contributed by atoms with E-state index >= 15 is 0 Å². The molecule has 0 aliphatic rings. The van der Waals surface area contributed by atoms with Crippen molar-refractivity contribution in [2.45, 2.75) is 33.3 Å². The Bertz CT molecular complexity index is 867. The third-order valence-corrected chi connectivity index (χ3v) is 4.25. The molecule has 1 amide bonds. The molecule has 0 aromatic heterocycles. The number of hydrogen-bond acceptors (Lipinski definition) is 4. The molecule has 0 radical (unpaired) electrons. The fraction of sp³-hybridized carbons (Fsp3) is 0.250. The summed E-state index contributed by atoms with van der Waals surface area (Å²) in [4.78, 5) is 23.6. The molecule has 27 heavy (non-hydrogen) atoms. The predicted octanol–water partition coefficient (Wildman–Crippen LogP) is 4.00. The molecule has 0 bridgehead atoms. The van der Waals surface area contributed by atoms with Crippen LogP contribution in [-0.4, -0.2) is 28.2 Å². The van der Waals surface area contributed by atoms with Gasteiger partial charge in [-0.2, -0.15) is 0 Å². The molecule has 3 N–H and O–H groups in total. The highest BCUT2D eigenvalue weighted by molar-refractivity contribution is 7.80. The quantitative estimate of drug-likeness (QED) is 0.651. The summed E-state index contributed by atoms with van der Waals surface area (Å²) in [6.45, 7) is 5.65. The number of thiocarbonyl (C=S) groups is 1. The second-order valence-corrected chi connectivity index (χ2v) is 6.46. The lowest BCUT2D eigenvalue weighted by atomic mass is 10.1. The number of carbonyl (C=O) groups excluding carboxylic acids is 1. The average Bonchev–Trinajstić information content (AvgIpc) is 2.63. The van der Waals surface area contributed by atoms with Crippen LogP contribution in [0.25, 0.3) is 0 Å². The molecule has 0 saturated heterocycles. The molecule has 1 unspecified atom stereocenters. The average molecular weight is 386 g/mol. The predicted molar refractivity (Wildman–Crippen MR) is 109 cm³/mol. The first-order valence-corrected chi connectivity index (χ1v) is 8.94. The van der Waals surface area contributed by atoms with Crippen LogP contribution in [0.5, 0.6) is 5.75 Å². The third-order valence-electron chi connectivity index (χ3n) is 4.05. The fourth-order valence-corrected chi connectivity index (χ4v) is 2.56. The number of ether oxygens (including phenoxy) is 1. The van der Waals surface area contributed by atoms with Crippen molar-refractivity contribution in [2.75, 3.05) is 5.32 Å². The van der Waals surface area contributed by atoms with Crippen LogP contribution in [0, 0.1) is 6.92 Å². The van der Waals surface area contributed by atoms with Crippen molar-refractivity contribution in [2.24, 2.45) is 0 Å². The summed E-state index contributed by atoms with van der Waals surface area (Å²) >= 11 is 5.18. The minimum Gasteiger partial charge on any atom is -0.491 e. The van der Waals surface area contributed by atoms with E-state index in [9.17, 15) is 14.7 Å². The largest absolute Gasteiger partial charge is 0.491 e. The smallest absolute Gasteiger partial charge is 0.336 e. The lowest BCUT2D eigenvalue weighted by Gasteiger charge is -2.14. The van der Waals surface area contributed by atoms with Crippen molar-refractivity contribution in [3.8, 4) is 5.75 Å². The van der Waals surface area contributed by atoms with Crippen LogP contribution < -0.4 is 15.4 Å². The maximum absolute atomic E-state index is 12.4. The van der Waals surface area contributed by atoms with Gasteiger partial charge in [0.05, 0.1) is 11.7 Å². The van der Waals surface area contributed by atoms with Gasteiger partial charge in [0, 0.05) is 11.3 Å². The normalized spacial score (nSPS) is 11.4. The molecular weight excluding hydrogens is 364 g/mol. The molecule has 2 aromatic rings. The molecule has 7 heteroatoms. The van der Waals surface area contributed by atoms with Crippen molar-refractivity contribution in [3.05, 3.63) is 59.2 Å². The van der Waals surface area contributed by atoms with Crippen LogP contribution in [-0.2, 0) is 0 Å². The van der Waals surface area contributed by atoms with Gasteiger partial charge in [-0.3, -0.25) is 10.1 Å². The Hall–Kier alpha value is -2.93. The summed E-state index contributed by atoms with van der Waals surface area (Å²) in [7, 11) is 0. The zero-order valence-corrected chi connectivity index (χ0v) is 16.2.